The molecule has 0 aliphatic heterocycles. The Bertz CT molecular complexity index is 766. The Kier molecular flexibility index (Phi) is 5.27. The first kappa shape index (κ1) is 17.7. The molecule has 1 aromatic carbocycles. The highest BCUT2D eigenvalue weighted by Gasteiger charge is 2.53. The molecule has 0 saturated carbocycles. The van der Waals surface area contributed by atoms with Crippen LogP contribution in [0.2, 0.25) is 0 Å². The van der Waals surface area contributed by atoms with Gasteiger partial charge in [-0.1, -0.05) is 36.4 Å². The molecule has 1 atom stereocenters. The van der Waals surface area contributed by atoms with Crippen LogP contribution in [-0.2, 0) is 30.7 Å². The van der Waals surface area contributed by atoms with E-state index in [1.807, 2.05) is 0 Å². The minimum atomic E-state index is -5.83. The third kappa shape index (κ3) is 4.66. The van der Waals surface area contributed by atoms with E-state index >= 15 is 0 Å². The fourth-order valence-electron chi connectivity index (χ4n) is 1.52. The molecule has 0 spiro atoms. The van der Waals surface area contributed by atoms with Crippen molar-refractivity contribution in [2.45, 2.75) is 16.3 Å². The van der Waals surface area contributed by atoms with Crippen LogP contribution in [0.1, 0.15) is 5.56 Å². The molecule has 2 rings (SSSR count). The maximum absolute atomic E-state index is 13.2. The number of pyridine rings is 1. The van der Waals surface area contributed by atoms with Crippen LogP contribution in [0.25, 0.3) is 0 Å². The van der Waals surface area contributed by atoms with Crippen molar-refractivity contribution in [1.29, 1.82) is 0 Å². The lowest BCUT2D eigenvalue weighted by molar-refractivity contribution is -0.0495. The first-order valence-corrected chi connectivity index (χ1v) is 8.80. The van der Waals surface area contributed by atoms with Gasteiger partial charge in [-0.2, -0.15) is 31.0 Å². The van der Waals surface area contributed by atoms with E-state index < -0.39 is 32.8 Å². The fourth-order valence-corrected chi connectivity index (χ4v) is 4.23. The molecule has 10 heteroatoms. The van der Waals surface area contributed by atoms with Crippen LogP contribution < -0.4 is 0 Å². The zero-order valence-corrected chi connectivity index (χ0v) is 13.0. The van der Waals surface area contributed by atoms with Crippen LogP contribution in [0.4, 0.5) is 17.6 Å². The Balaban J connectivity index is 2.36. The van der Waals surface area contributed by atoms with Crippen molar-refractivity contribution in [3.05, 3.63) is 60.0 Å². The Hall–Kier alpha value is -1.65. The number of hydrogen-bond acceptors (Lipinski definition) is 4. The molecule has 1 unspecified atom stereocenters. The number of aromatic nitrogens is 1. The van der Waals surface area contributed by atoms with Crippen molar-refractivity contribution in [1.82, 2.24) is 4.98 Å². The number of nitrogens with zero attached hydrogens (tertiary/aromatic N) is 1. The van der Waals surface area contributed by atoms with Gasteiger partial charge in [0.15, 0.2) is 5.75 Å². The maximum atomic E-state index is 13.2. The van der Waals surface area contributed by atoms with E-state index in [0.29, 0.717) is 5.56 Å². The lowest BCUT2D eigenvalue weighted by atomic mass is 10.2. The van der Waals surface area contributed by atoms with E-state index in [2.05, 4.69) is 8.61 Å². The first-order valence-electron chi connectivity index (χ1n) is 6.07. The van der Waals surface area contributed by atoms with Gasteiger partial charge >= 0.3 is 15.6 Å². The summed E-state index contributed by atoms with van der Waals surface area (Å²) in [6.45, 7) is 0. The first-order chi connectivity index (χ1) is 10.7. The molecule has 0 aliphatic carbocycles. The zero-order chi connectivity index (χ0) is 17.1. The van der Waals surface area contributed by atoms with Crippen LogP contribution in [0.15, 0.2) is 53.6 Å². The van der Waals surface area contributed by atoms with E-state index in [9.17, 15) is 26.0 Å². The molecule has 2 aromatic rings. The van der Waals surface area contributed by atoms with Crippen molar-refractivity contribution in [3.63, 3.8) is 0 Å². The predicted octanol–water partition coefficient (Wildman–Crippen LogP) is 3.18. The highest BCUT2D eigenvalue weighted by molar-refractivity contribution is 8.02. The van der Waals surface area contributed by atoms with Crippen LogP contribution >= 0.6 is 0 Å². The second kappa shape index (κ2) is 6.85. The van der Waals surface area contributed by atoms with Gasteiger partial charge in [-0.05, 0) is 9.70 Å². The minimum absolute atomic E-state index is 0.188. The summed E-state index contributed by atoms with van der Waals surface area (Å²) < 4.78 is 77.6. The average Bonchev–Trinajstić information content (AvgIpc) is 2.46. The van der Waals surface area contributed by atoms with E-state index in [1.54, 1.807) is 30.3 Å². The summed E-state index contributed by atoms with van der Waals surface area (Å²) in [5.74, 6) is -1.13. The monoisotopic (exact) mass is 368 g/mol. The topological polar surface area (TPSA) is 56.3 Å². The molecule has 0 saturated heterocycles. The van der Waals surface area contributed by atoms with E-state index in [1.165, 1.54) is 12.1 Å². The van der Waals surface area contributed by atoms with E-state index in [4.69, 9.17) is 0 Å². The summed E-state index contributed by atoms with van der Waals surface area (Å²) in [7, 11) is -5.83. The van der Waals surface area contributed by atoms with Gasteiger partial charge in [0.2, 0.25) is 17.1 Å². The normalized spacial score (nSPS) is 13.7. The average molecular weight is 368 g/mol. The Morgan fingerprint density at radius 3 is 2.26 bits per heavy atom. The molecule has 0 aliphatic rings. The zero-order valence-electron chi connectivity index (χ0n) is 11.3. The van der Waals surface area contributed by atoms with Gasteiger partial charge in [0.25, 0.3) is 5.03 Å². The van der Waals surface area contributed by atoms with Gasteiger partial charge < -0.3 is 0 Å². The number of benzene rings is 1. The fraction of sp³-hybridized carbons (Fsp3) is 0.154. The highest BCUT2D eigenvalue weighted by atomic mass is 32.3. The van der Waals surface area contributed by atoms with Gasteiger partial charge in [-0.3, -0.25) is 0 Å². The maximum Gasteiger partial charge on any atom is 0.527 e. The SMILES string of the molecule is O=S(=O)(O[S+](Cc1ccccc1)c1cccc(F)n1)C(F)(F)F. The molecule has 0 N–H and O–H groups in total. The number of rotatable bonds is 5. The van der Waals surface area contributed by atoms with Gasteiger partial charge in [0.05, 0.1) is 0 Å². The largest absolute Gasteiger partial charge is 0.527 e. The number of halogens is 4. The molecule has 23 heavy (non-hydrogen) atoms. The van der Waals surface area contributed by atoms with Crippen LogP contribution in [0.5, 0.6) is 0 Å². The quantitative estimate of drug-likeness (QED) is 0.352. The van der Waals surface area contributed by atoms with Crippen LogP contribution in [0, 0.1) is 5.95 Å². The third-order valence-electron chi connectivity index (χ3n) is 2.52. The summed E-state index contributed by atoms with van der Waals surface area (Å²) in [4.78, 5) is 3.42. The minimum Gasteiger partial charge on any atom is -0.185 e. The van der Waals surface area contributed by atoms with Crippen molar-refractivity contribution >= 4 is 21.3 Å². The lowest BCUT2D eigenvalue weighted by Crippen LogP contribution is -2.29. The molecule has 1 heterocycles. The molecular weight excluding hydrogens is 358 g/mol. The summed E-state index contributed by atoms with van der Waals surface area (Å²) in [5, 5.41) is -0.221. The summed E-state index contributed by atoms with van der Waals surface area (Å²) in [6.07, 6.45) is 0. The third-order valence-corrected chi connectivity index (χ3v) is 5.75. The lowest BCUT2D eigenvalue weighted by Gasteiger charge is -2.08. The summed E-state index contributed by atoms with van der Waals surface area (Å²) in [6, 6.07) is 11.5. The molecule has 0 bridgehead atoms. The van der Waals surface area contributed by atoms with Crippen molar-refractivity contribution in [2.24, 2.45) is 0 Å². The molecule has 4 nitrogen and oxygen atoms in total. The second-order valence-electron chi connectivity index (χ2n) is 4.24. The van der Waals surface area contributed by atoms with E-state index in [-0.39, 0.29) is 10.8 Å². The number of hydrogen-bond donors (Lipinski definition) is 0. The van der Waals surface area contributed by atoms with E-state index in [0.717, 1.165) is 6.07 Å². The number of alkyl halides is 3. The van der Waals surface area contributed by atoms with Crippen LogP contribution in [-0.4, -0.2) is 18.9 Å². The summed E-state index contributed by atoms with van der Waals surface area (Å²) in [5.41, 5.74) is -5.04. The van der Waals surface area contributed by atoms with Crippen molar-refractivity contribution in [2.75, 3.05) is 0 Å². The molecule has 0 amide bonds. The van der Waals surface area contributed by atoms with Gasteiger partial charge in [0, 0.05) is 11.6 Å². The van der Waals surface area contributed by atoms with Gasteiger partial charge in [-0.25, -0.2) is 0 Å². The molecule has 1 aromatic heterocycles. The van der Waals surface area contributed by atoms with Crippen molar-refractivity contribution < 1.29 is 29.6 Å². The Labute approximate surface area is 132 Å². The van der Waals surface area contributed by atoms with Gasteiger partial charge in [0.1, 0.15) is 0 Å². The Morgan fingerprint density at radius 2 is 1.70 bits per heavy atom. The second-order valence-corrected chi connectivity index (χ2v) is 7.56. The molecular formula is C13H10F4NO3S2+. The van der Waals surface area contributed by atoms with Crippen molar-refractivity contribution in [3.8, 4) is 0 Å². The standard InChI is InChI=1S/C13H10F4NO3S2/c14-11-7-4-8-12(18-11)22(9-10-5-2-1-3-6-10)21-23(19,20)13(15,16)17/h1-8H,9H2/q+1. The molecule has 0 radical (unpaired) electrons. The molecule has 124 valence electrons. The van der Waals surface area contributed by atoms with Gasteiger partial charge in [-0.15, -0.1) is 0 Å². The predicted molar refractivity (Wildman–Crippen MR) is 76.0 cm³/mol. The Morgan fingerprint density at radius 1 is 1.04 bits per heavy atom. The molecule has 0 fully saturated rings. The summed E-state index contributed by atoms with van der Waals surface area (Å²) >= 11 is -1.92. The highest BCUT2D eigenvalue weighted by Crippen LogP contribution is 2.30. The van der Waals surface area contributed by atoms with Crippen LogP contribution in [0.3, 0.4) is 0 Å². The smallest absolute Gasteiger partial charge is 0.185 e.